The molecule has 9 heteroatoms. The van der Waals surface area contributed by atoms with Crippen molar-refractivity contribution in [3.05, 3.63) is 28.0 Å². The average molecular weight is 404 g/mol. The van der Waals surface area contributed by atoms with E-state index < -0.39 is 20.9 Å². The lowest BCUT2D eigenvalue weighted by Crippen LogP contribution is -2.38. The summed E-state index contributed by atoms with van der Waals surface area (Å²) in [5.74, 6) is -0.466. The first-order valence-corrected chi connectivity index (χ1v) is 9.41. The van der Waals surface area contributed by atoms with E-state index in [0.29, 0.717) is 13.1 Å². The summed E-state index contributed by atoms with van der Waals surface area (Å²) in [7, 11) is -3.84. The molecule has 1 heterocycles. The third-order valence-corrected chi connectivity index (χ3v) is 7.39. The number of benzene rings is 1. The van der Waals surface area contributed by atoms with Gasteiger partial charge in [-0.3, -0.25) is 0 Å². The predicted molar refractivity (Wildman–Crippen MR) is 91.2 cm³/mol. The Morgan fingerprint density at radius 1 is 1.22 bits per heavy atom. The number of rotatable bonds is 2. The second kappa shape index (κ2) is 7.02. The van der Waals surface area contributed by atoms with Gasteiger partial charge in [0, 0.05) is 19.1 Å². The van der Waals surface area contributed by atoms with Crippen molar-refractivity contribution in [3.8, 4) is 0 Å². The van der Waals surface area contributed by atoms with E-state index in [1.165, 1.54) is 16.4 Å². The van der Waals surface area contributed by atoms with Gasteiger partial charge in [-0.05, 0) is 36.8 Å². The lowest BCUT2D eigenvalue weighted by molar-refractivity contribution is 0.260. The number of nitrogens with two attached hydrogens (primary N) is 1. The van der Waals surface area contributed by atoms with Crippen LogP contribution in [-0.2, 0) is 10.0 Å². The van der Waals surface area contributed by atoms with E-state index in [2.05, 4.69) is 0 Å². The summed E-state index contributed by atoms with van der Waals surface area (Å²) in [6.07, 6.45) is 2.92. The maximum absolute atomic E-state index is 13.8. The number of fused-ring (bicyclic) bond motifs is 1. The first-order chi connectivity index (χ1) is 10.3. The smallest absolute Gasteiger partial charge is 0.244 e. The largest absolute Gasteiger partial charge is 0.327 e. The number of hydrogen-bond acceptors (Lipinski definition) is 3. The molecule has 130 valence electrons. The molecule has 1 aromatic carbocycles. The summed E-state index contributed by atoms with van der Waals surface area (Å²) in [6, 6.07) is 2.49. The van der Waals surface area contributed by atoms with Crippen molar-refractivity contribution in [3.63, 3.8) is 0 Å². The zero-order chi connectivity index (χ0) is 16.1. The second-order valence-corrected chi connectivity index (χ2v) is 8.71. The van der Waals surface area contributed by atoms with Gasteiger partial charge in [0.2, 0.25) is 10.0 Å². The van der Waals surface area contributed by atoms with Crippen LogP contribution < -0.4 is 5.73 Å². The molecule has 0 bridgehead atoms. The molecule has 3 rings (SSSR count). The van der Waals surface area contributed by atoms with Crippen molar-refractivity contribution in [1.29, 1.82) is 0 Å². The quantitative estimate of drug-likeness (QED) is 0.771. The molecule has 0 aromatic heterocycles. The van der Waals surface area contributed by atoms with Gasteiger partial charge in [-0.1, -0.05) is 29.6 Å². The van der Waals surface area contributed by atoms with Crippen LogP contribution >= 0.6 is 35.6 Å². The highest BCUT2D eigenvalue weighted by atomic mass is 35.5. The van der Waals surface area contributed by atoms with Gasteiger partial charge < -0.3 is 5.73 Å². The fraction of sp³-hybridized carbons (Fsp3) is 0.571. The van der Waals surface area contributed by atoms with Crippen molar-refractivity contribution in [2.24, 2.45) is 17.6 Å². The van der Waals surface area contributed by atoms with Crippen LogP contribution in [0.1, 0.15) is 19.3 Å². The van der Waals surface area contributed by atoms with Crippen LogP contribution in [0.3, 0.4) is 0 Å². The fourth-order valence-corrected chi connectivity index (χ4v) is 5.77. The SMILES string of the molecule is Cl.NC1CCCC2CN(S(=O)(=O)c3ccc(Cl)c(F)c3Cl)CC12. The van der Waals surface area contributed by atoms with Crippen molar-refractivity contribution in [2.75, 3.05) is 13.1 Å². The Morgan fingerprint density at radius 2 is 1.91 bits per heavy atom. The first kappa shape index (κ1) is 19.2. The number of halogens is 4. The molecule has 23 heavy (non-hydrogen) atoms. The molecule has 1 aliphatic heterocycles. The molecular formula is C14H18Cl3FN2O2S. The van der Waals surface area contributed by atoms with Gasteiger partial charge in [0.1, 0.15) is 4.90 Å². The molecule has 2 N–H and O–H groups in total. The predicted octanol–water partition coefficient (Wildman–Crippen LogP) is 3.30. The van der Waals surface area contributed by atoms with Crippen LogP contribution in [0.4, 0.5) is 4.39 Å². The van der Waals surface area contributed by atoms with Gasteiger partial charge in [0.15, 0.2) is 5.82 Å². The Hall–Kier alpha value is -0.110. The Kier molecular flexibility index (Phi) is 5.87. The zero-order valence-electron chi connectivity index (χ0n) is 12.2. The number of hydrogen-bond donors (Lipinski definition) is 1. The third kappa shape index (κ3) is 3.34. The maximum Gasteiger partial charge on any atom is 0.244 e. The lowest BCUT2D eigenvalue weighted by atomic mass is 9.78. The summed E-state index contributed by atoms with van der Waals surface area (Å²) in [5.41, 5.74) is 6.11. The summed E-state index contributed by atoms with van der Waals surface area (Å²) in [5, 5.41) is -0.646. The van der Waals surface area contributed by atoms with E-state index in [1.54, 1.807) is 0 Å². The average Bonchev–Trinajstić information content (AvgIpc) is 2.91. The van der Waals surface area contributed by atoms with Crippen molar-refractivity contribution in [2.45, 2.75) is 30.2 Å². The summed E-state index contributed by atoms with van der Waals surface area (Å²) in [4.78, 5) is -0.233. The number of sulfonamides is 1. The Balaban J connectivity index is 0.00000192. The minimum Gasteiger partial charge on any atom is -0.327 e. The normalized spacial score (nSPS) is 28.3. The lowest BCUT2D eigenvalue weighted by Gasteiger charge is -2.29. The van der Waals surface area contributed by atoms with Gasteiger partial charge in [0.05, 0.1) is 10.0 Å². The molecule has 0 spiro atoms. The van der Waals surface area contributed by atoms with E-state index in [-0.39, 0.29) is 40.2 Å². The highest BCUT2D eigenvalue weighted by molar-refractivity contribution is 7.89. The number of nitrogens with zero attached hydrogens (tertiary/aromatic N) is 1. The van der Waals surface area contributed by atoms with Crippen LogP contribution in [0.2, 0.25) is 10.0 Å². The van der Waals surface area contributed by atoms with Gasteiger partial charge in [-0.2, -0.15) is 4.31 Å². The first-order valence-electron chi connectivity index (χ1n) is 7.21. The van der Waals surface area contributed by atoms with Crippen molar-refractivity contribution >= 4 is 45.6 Å². The Labute approximate surface area is 151 Å². The standard InChI is InChI=1S/C14H17Cl2FN2O2S.ClH/c15-10-4-5-12(13(16)14(10)17)22(20,21)19-6-8-2-1-3-11(18)9(8)7-19;/h4-5,8-9,11H,1-3,6-7,18H2;1H. The van der Waals surface area contributed by atoms with E-state index >= 15 is 0 Å². The van der Waals surface area contributed by atoms with Crippen LogP contribution in [0.25, 0.3) is 0 Å². The van der Waals surface area contributed by atoms with Gasteiger partial charge in [-0.25, -0.2) is 12.8 Å². The van der Waals surface area contributed by atoms with Gasteiger partial charge in [-0.15, -0.1) is 12.4 Å². The van der Waals surface area contributed by atoms with Crippen LogP contribution in [0.15, 0.2) is 17.0 Å². The van der Waals surface area contributed by atoms with E-state index in [9.17, 15) is 12.8 Å². The topological polar surface area (TPSA) is 63.4 Å². The molecule has 2 aliphatic rings. The van der Waals surface area contributed by atoms with Crippen LogP contribution in [0.5, 0.6) is 0 Å². The molecule has 1 saturated carbocycles. The molecule has 1 saturated heterocycles. The second-order valence-electron chi connectivity index (χ2n) is 6.01. The molecule has 1 aromatic rings. The molecule has 4 nitrogen and oxygen atoms in total. The molecule has 3 atom stereocenters. The van der Waals surface area contributed by atoms with Crippen molar-refractivity contribution in [1.82, 2.24) is 4.31 Å². The summed E-state index contributed by atoms with van der Waals surface area (Å²) >= 11 is 11.5. The van der Waals surface area contributed by atoms with Crippen molar-refractivity contribution < 1.29 is 12.8 Å². The van der Waals surface area contributed by atoms with E-state index in [4.69, 9.17) is 28.9 Å². The Morgan fingerprint density at radius 3 is 2.57 bits per heavy atom. The Bertz CT molecular complexity index is 702. The molecule has 0 amide bonds. The fourth-order valence-electron chi connectivity index (χ4n) is 3.52. The van der Waals surface area contributed by atoms with Crippen LogP contribution in [0, 0.1) is 17.7 Å². The minimum atomic E-state index is -3.84. The summed E-state index contributed by atoms with van der Waals surface area (Å²) < 4.78 is 40.7. The minimum absolute atomic E-state index is 0. The molecule has 3 unspecified atom stereocenters. The molecule has 0 radical (unpaired) electrons. The maximum atomic E-state index is 13.8. The molecular weight excluding hydrogens is 386 g/mol. The highest BCUT2D eigenvalue weighted by Crippen LogP contribution is 2.39. The zero-order valence-corrected chi connectivity index (χ0v) is 15.4. The molecule has 1 aliphatic carbocycles. The van der Waals surface area contributed by atoms with Gasteiger partial charge in [0.25, 0.3) is 0 Å². The molecule has 2 fully saturated rings. The van der Waals surface area contributed by atoms with Crippen LogP contribution in [-0.4, -0.2) is 31.9 Å². The van der Waals surface area contributed by atoms with Gasteiger partial charge >= 0.3 is 0 Å². The van der Waals surface area contributed by atoms with E-state index in [1.807, 2.05) is 0 Å². The monoisotopic (exact) mass is 402 g/mol. The third-order valence-electron chi connectivity index (χ3n) is 4.74. The highest BCUT2D eigenvalue weighted by Gasteiger charge is 2.43. The summed E-state index contributed by atoms with van der Waals surface area (Å²) in [6.45, 7) is 0.788. The van der Waals surface area contributed by atoms with E-state index in [0.717, 1.165) is 19.3 Å².